The summed E-state index contributed by atoms with van der Waals surface area (Å²) < 4.78 is 2.49. The van der Waals surface area contributed by atoms with Gasteiger partial charge in [0.1, 0.15) is 5.75 Å². The van der Waals surface area contributed by atoms with Crippen LogP contribution in [0.3, 0.4) is 0 Å². The average molecular weight is 295 g/mol. The normalized spacial score (nSPS) is 11.2. The maximum Gasteiger partial charge on any atom is 0.151 e. The average Bonchev–Trinajstić information content (AvgIpc) is 2.61. The van der Waals surface area contributed by atoms with E-state index >= 15 is 0 Å². The van der Waals surface area contributed by atoms with Crippen LogP contribution in [0.5, 0.6) is 5.75 Å². The molecule has 1 N–H and O–H groups in total. The molecule has 0 saturated heterocycles. The van der Waals surface area contributed by atoms with E-state index in [1.807, 2.05) is 13.8 Å². The number of aromatic hydroxyl groups is 1. The molecule has 0 spiro atoms. The van der Waals surface area contributed by atoms with E-state index in [0.29, 0.717) is 17.2 Å². The Kier molecular flexibility index (Phi) is 3.23. The van der Waals surface area contributed by atoms with Crippen LogP contribution in [0.15, 0.2) is 27.8 Å². The van der Waals surface area contributed by atoms with Gasteiger partial charge >= 0.3 is 0 Å². The van der Waals surface area contributed by atoms with Gasteiger partial charge in [-0.15, -0.1) is 10.2 Å². The molecule has 0 aliphatic heterocycles. The molecular formula is C11H11BrN4O. The number of nitrogens with zero attached hydrogens (tertiary/aromatic N) is 4. The Bertz CT molecular complexity index is 557. The molecule has 0 saturated carbocycles. The second-order valence-corrected chi connectivity index (χ2v) is 4.47. The van der Waals surface area contributed by atoms with Gasteiger partial charge < -0.3 is 5.11 Å². The first-order valence-corrected chi connectivity index (χ1v) is 5.78. The first-order valence-electron chi connectivity index (χ1n) is 4.99. The lowest BCUT2D eigenvalue weighted by Gasteiger charge is -2.00. The molecule has 5 nitrogen and oxygen atoms in total. The number of aromatic nitrogens is 3. The van der Waals surface area contributed by atoms with Crippen molar-refractivity contribution in [3.05, 3.63) is 39.9 Å². The van der Waals surface area contributed by atoms with Crippen LogP contribution >= 0.6 is 15.9 Å². The number of benzene rings is 1. The topological polar surface area (TPSA) is 63.3 Å². The van der Waals surface area contributed by atoms with Crippen LogP contribution in [0.25, 0.3) is 0 Å². The summed E-state index contributed by atoms with van der Waals surface area (Å²) in [7, 11) is 0. The monoisotopic (exact) mass is 294 g/mol. The summed E-state index contributed by atoms with van der Waals surface area (Å²) in [6, 6.07) is 5.16. The molecular weight excluding hydrogens is 284 g/mol. The van der Waals surface area contributed by atoms with Crippen molar-refractivity contribution in [2.24, 2.45) is 5.10 Å². The number of hydrogen-bond acceptors (Lipinski definition) is 4. The molecule has 0 amide bonds. The number of rotatable bonds is 2. The summed E-state index contributed by atoms with van der Waals surface area (Å²) in [5.74, 6) is 1.59. The molecule has 1 heterocycles. The molecule has 0 unspecified atom stereocenters. The van der Waals surface area contributed by atoms with E-state index in [1.165, 1.54) is 0 Å². The summed E-state index contributed by atoms with van der Waals surface area (Å²) in [5, 5.41) is 21.7. The third kappa shape index (κ3) is 2.52. The highest BCUT2D eigenvalue weighted by Gasteiger charge is 2.03. The fourth-order valence-corrected chi connectivity index (χ4v) is 1.76. The summed E-state index contributed by atoms with van der Waals surface area (Å²) in [5.41, 5.74) is 0.631. The van der Waals surface area contributed by atoms with Crippen molar-refractivity contribution in [1.29, 1.82) is 0 Å². The quantitative estimate of drug-likeness (QED) is 0.864. The van der Waals surface area contributed by atoms with Gasteiger partial charge in [0.05, 0.1) is 6.21 Å². The Balaban J connectivity index is 2.35. The van der Waals surface area contributed by atoms with Crippen molar-refractivity contribution in [3.8, 4) is 5.75 Å². The summed E-state index contributed by atoms with van der Waals surface area (Å²) in [4.78, 5) is 0. The second kappa shape index (κ2) is 4.67. The lowest BCUT2D eigenvalue weighted by atomic mass is 10.2. The van der Waals surface area contributed by atoms with E-state index in [4.69, 9.17) is 0 Å². The SMILES string of the molecule is Cc1nnc(C)n1/N=C/c1cc(Br)ccc1O. The number of phenolic OH excluding ortho intramolecular Hbond substituents is 1. The third-order valence-corrected chi connectivity index (χ3v) is 2.75. The highest BCUT2D eigenvalue weighted by atomic mass is 79.9. The van der Waals surface area contributed by atoms with Crippen molar-refractivity contribution in [2.75, 3.05) is 0 Å². The minimum Gasteiger partial charge on any atom is -0.507 e. The van der Waals surface area contributed by atoms with Crippen molar-refractivity contribution in [3.63, 3.8) is 0 Å². The van der Waals surface area contributed by atoms with Crippen LogP contribution in [0.2, 0.25) is 0 Å². The van der Waals surface area contributed by atoms with E-state index in [2.05, 4.69) is 31.2 Å². The first kappa shape index (κ1) is 11.8. The van der Waals surface area contributed by atoms with Crippen LogP contribution < -0.4 is 0 Å². The largest absolute Gasteiger partial charge is 0.507 e. The van der Waals surface area contributed by atoms with Gasteiger partial charge in [-0.3, -0.25) is 0 Å². The lowest BCUT2D eigenvalue weighted by Crippen LogP contribution is -1.96. The molecule has 0 aliphatic rings. The third-order valence-electron chi connectivity index (χ3n) is 2.25. The highest BCUT2D eigenvalue weighted by Crippen LogP contribution is 2.20. The Morgan fingerprint density at radius 1 is 1.29 bits per heavy atom. The molecule has 0 fully saturated rings. The van der Waals surface area contributed by atoms with Gasteiger partial charge in [0.25, 0.3) is 0 Å². The van der Waals surface area contributed by atoms with E-state index in [9.17, 15) is 5.11 Å². The standard InChI is InChI=1S/C11H11BrN4O/c1-7-14-15-8(2)16(7)13-6-9-5-10(12)3-4-11(9)17/h3-6,17H,1-2H3/b13-6+. The lowest BCUT2D eigenvalue weighted by molar-refractivity contribution is 0.474. The zero-order valence-corrected chi connectivity index (χ0v) is 11.0. The van der Waals surface area contributed by atoms with Crippen LogP contribution in [0.1, 0.15) is 17.2 Å². The van der Waals surface area contributed by atoms with Gasteiger partial charge in [-0.05, 0) is 32.0 Å². The summed E-state index contributed by atoms with van der Waals surface area (Å²) in [6.07, 6.45) is 1.57. The maximum atomic E-state index is 9.65. The zero-order valence-electron chi connectivity index (χ0n) is 9.42. The number of hydrogen-bond donors (Lipinski definition) is 1. The van der Waals surface area contributed by atoms with Crippen molar-refractivity contribution in [2.45, 2.75) is 13.8 Å². The fraction of sp³-hybridized carbons (Fsp3) is 0.182. The van der Waals surface area contributed by atoms with Crippen LogP contribution in [-0.4, -0.2) is 26.2 Å². The Labute approximate surface area is 107 Å². The van der Waals surface area contributed by atoms with Crippen molar-refractivity contribution >= 4 is 22.1 Å². The number of phenols is 1. The van der Waals surface area contributed by atoms with E-state index in [-0.39, 0.29) is 5.75 Å². The fourth-order valence-electron chi connectivity index (χ4n) is 1.38. The first-order chi connectivity index (χ1) is 8.08. The molecule has 2 aromatic rings. The van der Waals surface area contributed by atoms with Gasteiger partial charge in [0.2, 0.25) is 0 Å². The molecule has 17 heavy (non-hydrogen) atoms. The molecule has 6 heteroatoms. The van der Waals surface area contributed by atoms with E-state index in [0.717, 1.165) is 4.47 Å². The van der Waals surface area contributed by atoms with Crippen LogP contribution in [0.4, 0.5) is 0 Å². The van der Waals surface area contributed by atoms with E-state index < -0.39 is 0 Å². The van der Waals surface area contributed by atoms with Crippen molar-refractivity contribution < 1.29 is 5.11 Å². The Morgan fingerprint density at radius 2 is 1.94 bits per heavy atom. The molecule has 0 aliphatic carbocycles. The molecule has 2 rings (SSSR count). The van der Waals surface area contributed by atoms with Gasteiger partial charge in [-0.25, -0.2) is 4.68 Å². The molecule has 0 atom stereocenters. The van der Waals surface area contributed by atoms with Crippen molar-refractivity contribution in [1.82, 2.24) is 14.9 Å². The minimum absolute atomic E-state index is 0.181. The number of halogens is 1. The summed E-state index contributed by atoms with van der Waals surface area (Å²) in [6.45, 7) is 3.64. The highest BCUT2D eigenvalue weighted by molar-refractivity contribution is 9.10. The van der Waals surface area contributed by atoms with Gasteiger partial charge in [-0.2, -0.15) is 5.10 Å². The second-order valence-electron chi connectivity index (χ2n) is 3.55. The molecule has 0 bridgehead atoms. The van der Waals surface area contributed by atoms with E-state index in [1.54, 1.807) is 29.1 Å². The van der Waals surface area contributed by atoms with Crippen LogP contribution in [-0.2, 0) is 0 Å². The Morgan fingerprint density at radius 3 is 2.59 bits per heavy atom. The summed E-state index contributed by atoms with van der Waals surface area (Å²) >= 11 is 3.34. The Hall–Kier alpha value is -1.69. The molecule has 1 aromatic heterocycles. The maximum absolute atomic E-state index is 9.65. The van der Waals surface area contributed by atoms with Gasteiger partial charge in [0.15, 0.2) is 11.6 Å². The predicted octanol–water partition coefficient (Wildman–Crippen LogP) is 2.25. The zero-order chi connectivity index (χ0) is 12.4. The predicted molar refractivity (Wildman–Crippen MR) is 68.3 cm³/mol. The number of aryl methyl sites for hydroxylation is 2. The minimum atomic E-state index is 0.181. The molecule has 1 aromatic carbocycles. The van der Waals surface area contributed by atoms with Gasteiger partial charge in [-0.1, -0.05) is 15.9 Å². The van der Waals surface area contributed by atoms with Gasteiger partial charge in [0, 0.05) is 10.0 Å². The molecule has 88 valence electrons. The van der Waals surface area contributed by atoms with Crippen LogP contribution in [0, 0.1) is 13.8 Å². The molecule has 0 radical (unpaired) electrons. The smallest absolute Gasteiger partial charge is 0.151 e.